The van der Waals surface area contributed by atoms with E-state index in [2.05, 4.69) is 20.9 Å². The molecule has 0 saturated heterocycles. The van der Waals surface area contributed by atoms with Crippen molar-refractivity contribution >= 4 is 37.6 Å². The van der Waals surface area contributed by atoms with E-state index in [1.54, 1.807) is 0 Å². The van der Waals surface area contributed by atoms with E-state index in [1.807, 2.05) is 13.0 Å². The summed E-state index contributed by atoms with van der Waals surface area (Å²) >= 11 is 9.08. The van der Waals surface area contributed by atoms with Gasteiger partial charge in [-0.1, -0.05) is 23.3 Å². The monoisotopic (exact) mass is 350 g/mol. The number of sulfonamides is 1. The highest BCUT2D eigenvalue weighted by molar-refractivity contribution is 9.10. The molecule has 0 saturated carbocycles. The van der Waals surface area contributed by atoms with E-state index in [9.17, 15) is 8.42 Å². The van der Waals surface area contributed by atoms with Gasteiger partial charge in [-0.15, -0.1) is 0 Å². The van der Waals surface area contributed by atoms with Crippen LogP contribution in [0.2, 0.25) is 5.15 Å². The summed E-state index contributed by atoms with van der Waals surface area (Å²) in [6, 6.07) is 1.48. The highest BCUT2D eigenvalue weighted by Crippen LogP contribution is 2.27. The van der Waals surface area contributed by atoms with E-state index in [4.69, 9.17) is 11.6 Å². The van der Waals surface area contributed by atoms with E-state index < -0.39 is 10.0 Å². The van der Waals surface area contributed by atoms with Gasteiger partial charge < -0.3 is 0 Å². The van der Waals surface area contributed by atoms with Crippen molar-refractivity contribution in [2.75, 3.05) is 13.1 Å². The van der Waals surface area contributed by atoms with Crippen LogP contribution in [-0.2, 0) is 10.0 Å². The molecule has 0 aliphatic carbocycles. The van der Waals surface area contributed by atoms with Gasteiger partial charge >= 0.3 is 0 Å². The number of rotatable bonds is 2. The van der Waals surface area contributed by atoms with Crippen LogP contribution in [0.3, 0.4) is 0 Å². The molecule has 0 atom stereocenters. The topological polar surface area (TPSA) is 50.3 Å². The molecule has 1 aromatic rings. The van der Waals surface area contributed by atoms with Gasteiger partial charge in [-0.25, -0.2) is 13.4 Å². The Balaban J connectivity index is 2.40. The molecule has 0 bridgehead atoms. The van der Waals surface area contributed by atoms with Gasteiger partial charge in [0.2, 0.25) is 10.0 Å². The molecule has 0 N–H and O–H groups in total. The van der Waals surface area contributed by atoms with Gasteiger partial charge in [0.1, 0.15) is 10.0 Å². The third kappa shape index (κ3) is 2.77. The lowest BCUT2D eigenvalue weighted by Crippen LogP contribution is -2.34. The highest BCUT2D eigenvalue weighted by Gasteiger charge is 2.28. The van der Waals surface area contributed by atoms with Gasteiger partial charge in [0, 0.05) is 23.8 Å². The summed E-state index contributed by atoms with van der Waals surface area (Å²) in [5, 5.41) is 0.00414. The number of hydrogen-bond donors (Lipinski definition) is 0. The number of halogens is 2. The van der Waals surface area contributed by atoms with Crippen molar-refractivity contribution in [2.24, 2.45) is 0 Å². The van der Waals surface area contributed by atoms with Gasteiger partial charge in [0.25, 0.3) is 0 Å². The lowest BCUT2D eigenvalue weighted by molar-refractivity contribution is 0.431. The van der Waals surface area contributed by atoms with E-state index in [0.717, 1.165) is 6.42 Å². The van der Waals surface area contributed by atoms with Gasteiger partial charge in [-0.2, -0.15) is 4.31 Å². The number of nitrogens with zero attached hydrogens (tertiary/aromatic N) is 2. The maximum atomic E-state index is 12.4. The van der Waals surface area contributed by atoms with Crippen molar-refractivity contribution in [1.82, 2.24) is 9.29 Å². The molecule has 1 aromatic heterocycles. The molecule has 0 spiro atoms. The second-order valence-electron chi connectivity index (χ2n) is 4.11. The zero-order valence-corrected chi connectivity index (χ0v) is 12.9. The Morgan fingerprint density at radius 2 is 2.22 bits per heavy atom. The third-order valence-electron chi connectivity index (χ3n) is 2.79. The van der Waals surface area contributed by atoms with Crippen LogP contribution >= 0.6 is 27.5 Å². The first-order valence-corrected chi connectivity index (χ1v) is 7.99. The van der Waals surface area contributed by atoms with E-state index in [1.165, 1.54) is 22.1 Å². The van der Waals surface area contributed by atoms with Gasteiger partial charge in [0.05, 0.1) is 0 Å². The molecular weight excluding hydrogens is 340 g/mol. The largest absolute Gasteiger partial charge is 0.246 e. The first-order chi connectivity index (χ1) is 8.41. The van der Waals surface area contributed by atoms with Crippen molar-refractivity contribution in [1.29, 1.82) is 0 Å². The maximum Gasteiger partial charge on any atom is 0.246 e. The maximum absolute atomic E-state index is 12.4. The molecule has 0 radical (unpaired) electrons. The SMILES string of the molecule is CC1=CCN(S(=O)(=O)c2cc(Br)cnc2Cl)CC1. The Morgan fingerprint density at radius 1 is 1.50 bits per heavy atom. The molecule has 0 unspecified atom stereocenters. The zero-order chi connectivity index (χ0) is 13.3. The van der Waals surface area contributed by atoms with Crippen LogP contribution < -0.4 is 0 Å². The number of hydrogen-bond acceptors (Lipinski definition) is 3. The van der Waals surface area contributed by atoms with Crippen LogP contribution in [0.25, 0.3) is 0 Å². The fourth-order valence-corrected chi connectivity index (χ4v) is 4.00. The summed E-state index contributed by atoms with van der Waals surface area (Å²) in [6.45, 7) is 2.86. The fraction of sp³-hybridized carbons (Fsp3) is 0.364. The molecule has 1 aliphatic rings. The van der Waals surface area contributed by atoms with Crippen molar-refractivity contribution in [3.63, 3.8) is 0 Å². The van der Waals surface area contributed by atoms with Crippen LogP contribution in [0.4, 0.5) is 0 Å². The molecule has 0 fully saturated rings. The standard InChI is InChI=1S/C11H12BrClN2O2S/c1-8-2-4-15(5-3-8)18(16,17)10-6-9(12)7-14-11(10)13/h2,6-7H,3-5H2,1H3. The van der Waals surface area contributed by atoms with Gasteiger partial charge in [-0.05, 0) is 35.3 Å². The average molecular weight is 352 g/mol. The Kier molecular flexibility index (Phi) is 4.11. The summed E-state index contributed by atoms with van der Waals surface area (Å²) in [5.74, 6) is 0. The van der Waals surface area contributed by atoms with Crippen molar-refractivity contribution < 1.29 is 8.42 Å². The van der Waals surface area contributed by atoms with Crippen LogP contribution in [0, 0.1) is 0 Å². The molecule has 98 valence electrons. The minimum atomic E-state index is -3.57. The zero-order valence-electron chi connectivity index (χ0n) is 9.73. The lowest BCUT2D eigenvalue weighted by atomic mass is 10.1. The molecular formula is C11H12BrClN2O2S. The molecule has 2 heterocycles. The molecule has 4 nitrogen and oxygen atoms in total. The predicted octanol–water partition coefficient (Wildman–Crippen LogP) is 2.84. The first kappa shape index (κ1) is 14.0. The summed E-state index contributed by atoms with van der Waals surface area (Å²) in [5.41, 5.74) is 1.21. The normalized spacial score (nSPS) is 17.6. The smallest absolute Gasteiger partial charge is 0.242 e. The summed E-state index contributed by atoms with van der Waals surface area (Å²) in [7, 11) is -3.57. The fourth-order valence-electron chi connectivity index (χ4n) is 1.69. The van der Waals surface area contributed by atoms with Crippen molar-refractivity contribution in [3.8, 4) is 0 Å². The van der Waals surface area contributed by atoms with Crippen LogP contribution in [0.15, 0.2) is 33.3 Å². The van der Waals surface area contributed by atoms with Gasteiger partial charge in [-0.3, -0.25) is 0 Å². The first-order valence-electron chi connectivity index (χ1n) is 5.38. The van der Waals surface area contributed by atoms with E-state index in [0.29, 0.717) is 17.6 Å². The second kappa shape index (κ2) is 5.28. The van der Waals surface area contributed by atoms with Crippen LogP contribution in [-0.4, -0.2) is 30.8 Å². The second-order valence-corrected chi connectivity index (χ2v) is 7.29. The summed E-state index contributed by atoms with van der Waals surface area (Å²) in [6.07, 6.45) is 4.14. The Labute approximate surface area is 120 Å². The summed E-state index contributed by atoms with van der Waals surface area (Å²) < 4.78 is 26.8. The Hall–Kier alpha value is -0.430. The van der Waals surface area contributed by atoms with Gasteiger partial charge in [0.15, 0.2) is 0 Å². The summed E-state index contributed by atoms with van der Waals surface area (Å²) in [4.78, 5) is 3.90. The predicted molar refractivity (Wildman–Crippen MR) is 74.1 cm³/mol. The molecule has 7 heteroatoms. The van der Waals surface area contributed by atoms with E-state index in [-0.39, 0.29) is 10.0 Å². The minimum Gasteiger partial charge on any atom is -0.242 e. The number of pyridine rings is 1. The van der Waals surface area contributed by atoms with Crippen molar-refractivity contribution in [2.45, 2.75) is 18.2 Å². The van der Waals surface area contributed by atoms with Crippen molar-refractivity contribution in [3.05, 3.63) is 33.5 Å². The quantitative estimate of drug-likeness (QED) is 0.608. The Morgan fingerprint density at radius 3 is 2.83 bits per heavy atom. The highest BCUT2D eigenvalue weighted by atomic mass is 79.9. The third-order valence-corrected chi connectivity index (χ3v) is 5.52. The molecule has 0 aromatic carbocycles. The lowest BCUT2D eigenvalue weighted by Gasteiger charge is -2.25. The molecule has 0 amide bonds. The average Bonchev–Trinajstić information content (AvgIpc) is 2.32. The minimum absolute atomic E-state index is 0.00414. The van der Waals surface area contributed by atoms with Crippen LogP contribution in [0.1, 0.15) is 13.3 Å². The molecule has 18 heavy (non-hydrogen) atoms. The van der Waals surface area contributed by atoms with Crippen LogP contribution in [0.5, 0.6) is 0 Å². The molecule has 2 rings (SSSR count). The van der Waals surface area contributed by atoms with E-state index >= 15 is 0 Å². The molecule has 1 aliphatic heterocycles. The number of aromatic nitrogens is 1. The Bertz CT molecular complexity index is 601.